The summed E-state index contributed by atoms with van der Waals surface area (Å²) in [5.74, 6) is 0.491. The molecular weight excluding hydrogens is 264 g/mol. The van der Waals surface area contributed by atoms with Crippen LogP contribution in [0.3, 0.4) is 0 Å². The molecule has 0 aliphatic heterocycles. The van der Waals surface area contributed by atoms with Crippen molar-refractivity contribution in [1.82, 2.24) is 0 Å². The monoisotopic (exact) mass is 282 g/mol. The van der Waals surface area contributed by atoms with Gasteiger partial charge in [0.05, 0.1) is 7.11 Å². The topological polar surface area (TPSA) is 64.3 Å². The first-order chi connectivity index (χ1) is 10.1. The van der Waals surface area contributed by atoms with Crippen molar-refractivity contribution in [3.63, 3.8) is 0 Å². The summed E-state index contributed by atoms with van der Waals surface area (Å²) in [7, 11) is 1.59. The molecule has 2 rings (SSSR count). The molecule has 0 bridgehead atoms. The summed E-state index contributed by atoms with van der Waals surface area (Å²) in [5, 5.41) is 2.78. The molecule has 4 heteroatoms. The summed E-state index contributed by atoms with van der Waals surface area (Å²) in [4.78, 5) is 11.9. The molecule has 0 aliphatic carbocycles. The molecule has 0 saturated heterocycles. The second-order valence-electron chi connectivity index (χ2n) is 4.67. The molecule has 0 spiro atoms. The SMILES string of the molecule is COc1cccc(NC(=O)/C=C/c2ccc(C)c(N)c2)c1. The Kier molecular flexibility index (Phi) is 4.61. The van der Waals surface area contributed by atoms with Gasteiger partial charge in [-0.1, -0.05) is 18.2 Å². The minimum absolute atomic E-state index is 0.206. The van der Waals surface area contributed by atoms with Crippen LogP contribution in [-0.4, -0.2) is 13.0 Å². The first-order valence-corrected chi connectivity index (χ1v) is 6.58. The summed E-state index contributed by atoms with van der Waals surface area (Å²) >= 11 is 0. The number of nitrogens with one attached hydrogen (secondary N) is 1. The molecule has 0 atom stereocenters. The number of hydrogen-bond donors (Lipinski definition) is 2. The van der Waals surface area contributed by atoms with E-state index in [9.17, 15) is 4.79 Å². The number of nitrogens with two attached hydrogens (primary N) is 1. The second kappa shape index (κ2) is 6.61. The van der Waals surface area contributed by atoms with E-state index in [0.29, 0.717) is 17.1 Å². The Labute approximate surface area is 124 Å². The van der Waals surface area contributed by atoms with Crippen LogP contribution >= 0.6 is 0 Å². The van der Waals surface area contributed by atoms with Crippen LogP contribution < -0.4 is 15.8 Å². The maximum atomic E-state index is 11.9. The molecule has 21 heavy (non-hydrogen) atoms. The number of benzene rings is 2. The lowest BCUT2D eigenvalue weighted by Gasteiger charge is -2.05. The van der Waals surface area contributed by atoms with Crippen molar-refractivity contribution in [2.75, 3.05) is 18.2 Å². The zero-order chi connectivity index (χ0) is 15.2. The van der Waals surface area contributed by atoms with Gasteiger partial charge in [0.15, 0.2) is 0 Å². The predicted molar refractivity (Wildman–Crippen MR) is 86.2 cm³/mol. The molecule has 2 aromatic rings. The molecular formula is C17H18N2O2. The molecule has 1 amide bonds. The number of ether oxygens (including phenoxy) is 1. The highest BCUT2D eigenvalue weighted by Crippen LogP contribution is 2.17. The van der Waals surface area contributed by atoms with Crippen molar-refractivity contribution in [1.29, 1.82) is 0 Å². The Morgan fingerprint density at radius 1 is 1.24 bits per heavy atom. The van der Waals surface area contributed by atoms with Crippen molar-refractivity contribution >= 4 is 23.4 Å². The van der Waals surface area contributed by atoms with Crippen molar-refractivity contribution in [2.24, 2.45) is 0 Å². The Morgan fingerprint density at radius 3 is 2.76 bits per heavy atom. The quantitative estimate of drug-likeness (QED) is 0.668. The molecule has 0 unspecified atom stereocenters. The summed E-state index contributed by atoms with van der Waals surface area (Å²) < 4.78 is 5.11. The number of aryl methyl sites for hydroxylation is 1. The average molecular weight is 282 g/mol. The van der Waals surface area contributed by atoms with E-state index in [0.717, 1.165) is 11.1 Å². The minimum Gasteiger partial charge on any atom is -0.497 e. The lowest BCUT2D eigenvalue weighted by molar-refractivity contribution is -0.111. The van der Waals surface area contributed by atoms with Crippen LogP contribution in [0.1, 0.15) is 11.1 Å². The van der Waals surface area contributed by atoms with E-state index >= 15 is 0 Å². The van der Waals surface area contributed by atoms with Crippen molar-refractivity contribution in [2.45, 2.75) is 6.92 Å². The highest BCUT2D eigenvalue weighted by Gasteiger charge is 2.00. The standard InChI is InChI=1S/C17H18N2O2/c1-12-6-7-13(10-16(12)18)8-9-17(20)19-14-4-3-5-15(11-14)21-2/h3-11H,18H2,1-2H3,(H,19,20)/b9-8+. The molecule has 0 aliphatic rings. The van der Waals surface area contributed by atoms with Crippen molar-refractivity contribution in [3.05, 3.63) is 59.7 Å². The lowest BCUT2D eigenvalue weighted by atomic mass is 10.1. The number of anilines is 2. The van der Waals surface area contributed by atoms with Gasteiger partial charge in [0.1, 0.15) is 5.75 Å². The molecule has 108 valence electrons. The van der Waals surface area contributed by atoms with Gasteiger partial charge in [-0.05, 0) is 42.3 Å². The van der Waals surface area contributed by atoms with Gasteiger partial charge < -0.3 is 15.8 Å². The number of methoxy groups -OCH3 is 1. The number of amides is 1. The van der Waals surface area contributed by atoms with Crippen LogP contribution in [-0.2, 0) is 4.79 Å². The molecule has 0 fully saturated rings. The maximum absolute atomic E-state index is 11.9. The van der Waals surface area contributed by atoms with E-state index in [4.69, 9.17) is 10.5 Å². The number of rotatable bonds is 4. The van der Waals surface area contributed by atoms with Gasteiger partial charge in [-0.3, -0.25) is 4.79 Å². The number of hydrogen-bond acceptors (Lipinski definition) is 3. The van der Waals surface area contributed by atoms with Gasteiger partial charge in [-0.25, -0.2) is 0 Å². The van der Waals surface area contributed by atoms with E-state index in [1.54, 1.807) is 25.3 Å². The lowest BCUT2D eigenvalue weighted by Crippen LogP contribution is -2.07. The third-order valence-electron chi connectivity index (χ3n) is 3.07. The van der Waals surface area contributed by atoms with Gasteiger partial charge >= 0.3 is 0 Å². The fourth-order valence-electron chi connectivity index (χ4n) is 1.82. The van der Waals surface area contributed by atoms with Crippen LogP contribution in [0.2, 0.25) is 0 Å². The Morgan fingerprint density at radius 2 is 2.05 bits per heavy atom. The molecule has 0 saturated carbocycles. The highest BCUT2D eigenvalue weighted by molar-refractivity contribution is 6.02. The van der Waals surface area contributed by atoms with E-state index in [-0.39, 0.29) is 5.91 Å². The summed E-state index contributed by atoms with van der Waals surface area (Å²) in [5.41, 5.74) is 9.14. The third kappa shape index (κ3) is 4.11. The van der Waals surface area contributed by atoms with Crippen molar-refractivity contribution < 1.29 is 9.53 Å². The van der Waals surface area contributed by atoms with Crippen molar-refractivity contribution in [3.8, 4) is 5.75 Å². The van der Waals surface area contributed by atoms with Gasteiger partial charge in [0.25, 0.3) is 0 Å². The van der Waals surface area contributed by atoms with Gasteiger partial charge in [0, 0.05) is 23.5 Å². The van der Waals surface area contributed by atoms with Gasteiger partial charge in [0.2, 0.25) is 5.91 Å². The van der Waals surface area contributed by atoms with Crippen LogP contribution in [0.15, 0.2) is 48.5 Å². The molecule has 4 nitrogen and oxygen atoms in total. The fraction of sp³-hybridized carbons (Fsp3) is 0.118. The number of carbonyl (C=O) groups is 1. The smallest absolute Gasteiger partial charge is 0.248 e. The van der Waals surface area contributed by atoms with E-state index < -0.39 is 0 Å². The van der Waals surface area contributed by atoms with Crippen LogP contribution in [0.4, 0.5) is 11.4 Å². The number of carbonyl (C=O) groups excluding carboxylic acids is 1. The van der Waals surface area contributed by atoms with Crippen LogP contribution in [0, 0.1) is 6.92 Å². The van der Waals surface area contributed by atoms with E-state index in [2.05, 4.69) is 5.32 Å². The average Bonchev–Trinajstić information content (AvgIpc) is 2.48. The zero-order valence-electron chi connectivity index (χ0n) is 12.1. The molecule has 2 aromatic carbocycles. The largest absolute Gasteiger partial charge is 0.497 e. The minimum atomic E-state index is -0.206. The molecule has 0 heterocycles. The maximum Gasteiger partial charge on any atom is 0.248 e. The normalized spacial score (nSPS) is 10.6. The Balaban J connectivity index is 2.03. The highest BCUT2D eigenvalue weighted by atomic mass is 16.5. The Hall–Kier alpha value is -2.75. The predicted octanol–water partition coefficient (Wildman–Crippen LogP) is 3.24. The summed E-state index contributed by atoms with van der Waals surface area (Å²) in [6.45, 7) is 1.94. The summed E-state index contributed by atoms with van der Waals surface area (Å²) in [6, 6.07) is 12.9. The van der Waals surface area contributed by atoms with Crippen LogP contribution in [0.5, 0.6) is 5.75 Å². The first kappa shape index (κ1) is 14.7. The Bertz CT molecular complexity index is 678. The first-order valence-electron chi connectivity index (χ1n) is 6.58. The van der Waals surface area contributed by atoms with Gasteiger partial charge in [-0.15, -0.1) is 0 Å². The molecule has 0 aromatic heterocycles. The fourth-order valence-corrected chi connectivity index (χ4v) is 1.82. The van der Waals surface area contributed by atoms with E-state index in [1.165, 1.54) is 6.08 Å². The number of nitrogen functional groups attached to an aromatic ring is 1. The van der Waals surface area contributed by atoms with Gasteiger partial charge in [-0.2, -0.15) is 0 Å². The van der Waals surface area contributed by atoms with Crippen LogP contribution in [0.25, 0.3) is 6.08 Å². The molecule has 3 N–H and O–H groups in total. The van der Waals surface area contributed by atoms with E-state index in [1.807, 2.05) is 37.3 Å². The molecule has 0 radical (unpaired) electrons. The second-order valence-corrected chi connectivity index (χ2v) is 4.67. The zero-order valence-corrected chi connectivity index (χ0v) is 12.1. The summed E-state index contributed by atoms with van der Waals surface area (Å²) in [6.07, 6.45) is 3.20. The third-order valence-corrected chi connectivity index (χ3v) is 3.07.